The quantitative estimate of drug-likeness (QED) is 0.748. The number of pyridine rings is 1. The Morgan fingerprint density at radius 3 is 2.90 bits per heavy atom. The van der Waals surface area contributed by atoms with Crippen molar-refractivity contribution in [2.75, 3.05) is 0 Å². The molecule has 2 aromatic rings. The molecule has 4 unspecified atom stereocenters. The second-order valence-corrected chi connectivity index (χ2v) is 5.62. The molecule has 0 radical (unpaired) electrons. The maximum absolute atomic E-state index is 10.2. The lowest BCUT2D eigenvalue weighted by molar-refractivity contribution is 0.0297. The van der Waals surface area contributed by atoms with Gasteiger partial charge in [0, 0.05) is 49.7 Å². The number of nitrogens with one attached hydrogen (secondary N) is 1. The van der Waals surface area contributed by atoms with E-state index in [9.17, 15) is 10.2 Å². The number of aryl methyl sites for hydroxylation is 1. The van der Waals surface area contributed by atoms with Crippen molar-refractivity contribution in [1.29, 1.82) is 0 Å². The van der Waals surface area contributed by atoms with E-state index in [-0.39, 0.29) is 12.0 Å². The smallest absolute Gasteiger partial charge is 0.0957 e. The maximum atomic E-state index is 10.2. The molecule has 1 saturated carbocycles. The number of aliphatic hydroxyl groups is 2. The van der Waals surface area contributed by atoms with Gasteiger partial charge in [-0.1, -0.05) is 6.07 Å². The number of nitrogens with zero attached hydrogens (tertiary/aromatic N) is 3. The van der Waals surface area contributed by atoms with Crippen molar-refractivity contribution in [1.82, 2.24) is 20.1 Å². The van der Waals surface area contributed by atoms with E-state index in [4.69, 9.17) is 0 Å². The van der Waals surface area contributed by atoms with Crippen LogP contribution in [0.1, 0.15) is 23.5 Å². The molecule has 0 amide bonds. The highest BCUT2D eigenvalue weighted by Gasteiger charge is 2.42. The van der Waals surface area contributed by atoms with Crippen molar-refractivity contribution < 1.29 is 10.2 Å². The molecule has 3 rings (SSSR count). The minimum absolute atomic E-state index is 0.0559. The molecule has 2 aromatic heterocycles. The standard InChI is InChI=1S/C15H20N4O2/c1-19-9-10(7-18-19)6-17-14-12(5-13(20)15(14)21)11-3-2-4-16-8-11/h2-4,7-9,12-15,17,20-21H,5-6H2,1H3. The van der Waals surface area contributed by atoms with Gasteiger partial charge in [0.1, 0.15) is 0 Å². The monoisotopic (exact) mass is 288 g/mol. The van der Waals surface area contributed by atoms with Crippen molar-refractivity contribution >= 4 is 0 Å². The third-order valence-electron chi connectivity index (χ3n) is 4.10. The first kappa shape index (κ1) is 14.2. The normalized spacial score (nSPS) is 28.9. The number of hydrogen-bond acceptors (Lipinski definition) is 5. The van der Waals surface area contributed by atoms with Gasteiger partial charge in [-0.3, -0.25) is 9.67 Å². The van der Waals surface area contributed by atoms with Gasteiger partial charge < -0.3 is 15.5 Å². The zero-order chi connectivity index (χ0) is 14.8. The van der Waals surface area contributed by atoms with Crippen LogP contribution in [0.5, 0.6) is 0 Å². The highest BCUT2D eigenvalue weighted by molar-refractivity contribution is 5.22. The molecule has 1 fully saturated rings. The summed E-state index contributed by atoms with van der Waals surface area (Å²) in [5, 5.41) is 27.7. The Kier molecular flexibility index (Phi) is 4.01. The van der Waals surface area contributed by atoms with Crippen LogP contribution in [0.15, 0.2) is 36.9 Å². The molecule has 2 heterocycles. The topological polar surface area (TPSA) is 83.2 Å². The minimum atomic E-state index is -0.771. The fourth-order valence-electron chi connectivity index (χ4n) is 3.02. The Bertz CT molecular complexity index is 586. The van der Waals surface area contributed by atoms with Gasteiger partial charge in [0.25, 0.3) is 0 Å². The van der Waals surface area contributed by atoms with E-state index in [2.05, 4.69) is 15.4 Å². The molecule has 6 heteroatoms. The predicted molar refractivity (Wildman–Crippen MR) is 77.4 cm³/mol. The molecule has 1 aliphatic carbocycles. The Balaban J connectivity index is 1.73. The van der Waals surface area contributed by atoms with Crippen LogP contribution in [0.3, 0.4) is 0 Å². The molecule has 112 valence electrons. The van der Waals surface area contributed by atoms with Crippen LogP contribution in [-0.4, -0.2) is 43.2 Å². The second-order valence-electron chi connectivity index (χ2n) is 5.62. The van der Waals surface area contributed by atoms with Crippen molar-refractivity contribution in [3.8, 4) is 0 Å². The fraction of sp³-hybridized carbons (Fsp3) is 0.467. The third-order valence-corrected chi connectivity index (χ3v) is 4.10. The van der Waals surface area contributed by atoms with Crippen molar-refractivity contribution in [2.45, 2.75) is 37.1 Å². The first-order valence-electron chi connectivity index (χ1n) is 7.12. The summed E-state index contributed by atoms with van der Waals surface area (Å²) in [4.78, 5) is 4.13. The number of aromatic nitrogens is 3. The molecule has 3 N–H and O–H groups in total. The molecular formula is C15H20N4O2. The van der Waals surface area contributed by atoms with Crippen LogP contribution in [0.2, 0.25) is 0 Å². The number of rotatable bonds is 4. The van der Waals surface area contributed by atoms with Crippen LogP contribution in [0.4, 0.5) is 0 Å². The van der Waals surface area contributed by atoms with Gasteiger partial charge in [-0.05, 0) is 18.1 Å². The van der Waals surface area contributed by atoms with E-state index in [1.165, 1.54) is 0 Å². The molecule has 0 aliphatic heterocycles. The highest BCUT2D eigenvalue weighted by atomic mass is 16.3. The zero-order valence-electron chi connectivity index (χ0n) is 11.9. The number of aliphatic hydroxyl groups excluding tert-OH is 2. The summed E-state index contributed by atoms with van der Waals surface area (Å²) in [5.74, 6) is 0.0559. The molecule has 0 bridgehead atoms. The van der Waals surface area contributed by atoms with Crippen molar-refractivity contribution in [3.05, 3.63) is 48.0 Å². The van der Waals surface area contributed by atoms with Gasteiger partial charge in [0.05, 0.1) is 18.4 Å². The molecule has 0 spiro atoms. The van der Waals surface area contributed by atoms with Crippen LogP contribution in [-0.2, 0) is 13.6 Å². The Morgan fingerprint density at radius 2 is 2.24 bits per heavy atom. The van der Waals surface area contributed by atoms with E-state index in [1.807, 2.05) is 25.4 Å². The van der Waals surface area contributed by atoms with E-state index in [1.54, 1.807) is 23.3 Å². The summed E-state index contributed by atoms with van der Waals surface area (Å²) >= 11 is 0. The van der Waals surface area contributed by atoms with Crippen LogP contribution >= 0.6 is 0 Å². The first-order valence-corrected chi connectivity index (χ1v) is 7.12. The molecule has 0 aromatic carbocycles. The Labute approximate surface area is 123 Å². The average Bonchev–Trinajstić information content (AvgIpc) is 3.03. The summed E-state index contributed by atoms with van der Waals surface area (Å²) in [6, 6.07) is 3.68. The Hall–Kier alpha value is -1.76. The highest BCUT2D eigenvalue weighted by Crippen LogP contribution is 2.35. The van der Waals surface area contributed by atoms with Crippen LogP contribution in [0.25, 0.3) is 0 Å². The summed E-state index contributed by atoms with van der Waals surface area (Å²) < 4.78 is 1.75. The van der Waals surface area contributed by atoms with Gasteiger partial charge in [0.2, 0.25) is 0 Å². The van der Waals surface area contributed by atoms with Crippen molar-refractivity contribution in [2.24, 2.45) is 7.05 Å². The molecule has 1 aliphatic rings. The summed E-state index contributed by atoms with van der Waals surface area (Å²) in [6.45, 7) is 0.610. The predicted octanol–water partition coefficient (Wildman–Crippen LogP) is 0.183. The largest absolute Gasteiger partial charge is 0.390 e. The molecule has 4 atom stereocenters. The summed E-state index contributed by atoms with van der Waals surface area (Å²) in [5.41, 5.74) is 2.09. The van der Waals surface area contributed by atoms with Gasteiger partial charge in [0.15, 0.2) is 0 Å². The van der Waals surface area contributed by atoms with Crippen LogP contribution in [0, 0.1) is 0 Å². The first-order chi connectivity index (χ1) is 10.1. The van der Waals surface area contributed by atoms with E-state index in [0.717, 1.165) is 11.1 Å². The third kappa shape index (κ3) is 2.97. The molecule has 21 heavy (non-hydrogen) atoms. The van der Waals surface area contributed by atoms with E-state index >= 15 is 0 Å². The molecule has 6 nitrogen and oxygen atoms in total. The maximum Gasteiger partial charge on any atom is 0.0957 e. The Morgan fingerprint density at radius 1 is 1.38 bits per heavy atom. The lowest BCUT2D eigenvalue weighted by Crippen LogP contribution is -2.41. The van der Waals surface area contributed by atoms with Gasteiger partial charge in [-0.15, -0.1) is 0 Å². The molecule has 0 saturated heterocycles. The minimum Gasteiger partial charge on any atom is -0.390 e. The van der Waals surface area contributed by atoms with E-state index < -0.39 is 12.2 Å². The lowest BCUT2D eigenvalue weighted by Gasteiger charge is -2.23. The summed E-state index contributed by atoms with van der Waals surface area (Å²) in [6.07, 6.45) is 6.32. The lowest BCUT2D eigenvalue weighted by atomic mass is 9.95. The SMILES string of the molecule is Cn1cc(CNC2C(c3cccnc3)CC(O)C2O)cn1. The number of hydrogen-bond donors (Lipinski definition) is 3. The molecular weight excluding hydrogens is 268 g/mol. The van der Waals surface area contributed by atoms with Gasteiger partial charge >= 0.3 is 0 Å². The second kappa shape index (κ2) is 5.93. The fourth-order valence-corrected chi connectivity index (χ4v) is 3.02. The van der Waals surface area contributed by atoms with Gasteiger partial charge in [-0.25, -0.2) is 0 Å². The van der Waals surface area contributed by atoms with Crippen LogP contribution < -0.4 is 5.32 Å². The van der Waals surface area contributed by atoms with E-state index in [0.29, 0.717) is 13.0 Å². The van der Waals surface area contributed by atoms with Crippen molar-refractivity contribution in [3.63, 3.8) is 0 Å². The zero-order valence-corrected chi connectivity index (χ0v) is 11.9. The summed E-state index contributed by atoms with van der Waals surface area (Å²) in [7, 11) is 1.87. The average molecular weight is 288 g/mol. The van der Waals surface area contributed by atoms with Gasteiger partial charge in [-0.2, -0.15) is 5.10 Å².